The Labute approximate surface area is 76.0 Å². The molecule has 1 atom stereocenters. The molecule has 2 heteroatoms. The Hall–Kier alpha value is -0.340. The maximum absolute atomic E-state index is 5.02. The van der Waals surface area contributed by atoms with E-state index < -0.39 is 0 Å². The Morgan fingerprint density at radius 3 is 2.75 bits per heavy atom. The summed E-state index contributed by atoms with van der Waals surface area (Å²) in [6.07, 6.45) is 1.07. The minimum Gasteiger partial charge on any atom is -0.384 e. The Bertz CT molecular complexity index is 123. The monoisotopic (exact) mass is 171 g/mol. The molecule has 0 rings (SSSR count). The average molecular weight is 171 g/mol. The molecule has 0 aliphatic carbocycles. The van der Waals surface area contributed by atoms with Gasteiger partial charge in [-0.2, -0.15) is 0 Å². The van der Waals surface area contributed by atoms with Gasteiger partial charge in [-0.25, -0.2) is 0 Å². The molecule has 0 saturated heterocycles. The summed E-state index contributed by atoms with van der Waals surface area (Å²) in [5, 5.41) is 3.36. The van der Waals surface area contributed by atoms with Gasteiger partial charge in [0.1, 0.15) is 0 Å². The minimum absolute atomic E-state index is 0.597. The van der Waals surface area contributed by atoms with Crippen molar-refractivity contribution in [2.45, 2.75) is 20.3 Å². The Morgan fingerprint density at radius 2 is 2.25 bits per heavy atom. The molecule has 0 fully saturated rings. The highest BCUT2D eigenvalue weighted by Gasteiger charge is 1.99. The summed E-state index contributed by atoms with van der Waals surface area (Å²) in [7, 11) is 1.74. The third-order valence-corrected chi connectivity index (χ3v) is 1.67. The fraction of sp³-hybridized carbons (Fsp3) is 0.800. The predicted octanol–water partition coefficient (Wildman–Crippen LogP) is 1.82. The van der Waals surface area contributed by atoms with Gasteiger partial charge in [-0.15, -0.1) is 6.58 Å². The van der Waals surface area contributed by atoms with Gasteiger partial charge in [-0.1, -0.05) is 12.5 Å². The third kappa shape index (κ3) is 7.76. The Morgan fingerprint density at radius 1 is 1.58 bits per heavy atom. The molecule has 0 bridgehead atoms. The van der Waals surface area contributed by atoms with E-state index in [9.17, 15) is 0 Å². The molecule has 0 aromatic rings. The van der Waals surface area contributed by atoms with Gasteiger partial charge in [-0.05, 0) is 32.4 Å². The summed E-state index contributed by atoms with van der Waals surface area (Å²) in [4.78, 5) is 0. The Kier molecular flexibility index (Phi) is 7.11. The maximum atomic E-state index is 5.02. The predicted molar refractivity (Wildman–Crippen MR) is 53.3 cm³/mol. The van der Waals surface area contributed by atoms with Crippen LogP contribution in [0.15, 0.2) is 12.2 Å². The van der Waals surface area contributed by atoms with Crippen LogP contribution in [0.2, 0.25) is 0 Å². The minimum atomic E-state index is 0.597. The van der Waals surface area contributed by atoms with Crippen molar-refractivity contribution in [3.05, 3.63) is 12.2 Å². The van der Waals surface area contributed by atoms with Crippen LogP contribution in [-0.2, 0) is 4.74 Å². The van der Waals surface area contributed by atoms with E-state index in [1.807, 2.05) is 0 Å². The molecular formula is C10H21NO. The standard InChI is InChI=1S/C10H21NO/c1-9(2)5-6-11-7-10(3)8-12-4/h10-11H,1,5-8H2,2-4H3. The third-order valence-electron chi connectivity index (χ3n) is 1.67. The first kappa shape index (κ1) is 11.7. The van der Waals surface area contributed by atoms with Crippen LogP contribution in [0.5, 0.6) is 0 Å². The van der Waals surface area contributed by atoms with Crippen LogP contribution in [0.25, 0.3) is 0 Å². The molecule has 1 N–H and O–H groups in total. The van der Waals surface area contributed by atoms with Crippen LogP contribution in [0.4, 0.5) is 0 Å². The lowest BCUT2D eigenvalue weighted by Crippen LogP contribution is -2.24. The highest BCUT2D eigenvalue weighted by Crippen LogP contribution is 1.95. The molecule has 0 saturated carbocycles. The van der Waals surface area contributed by atoms with Gasteiger partial charge in [0.25, 0.3) is 0 Å². The fourth-order valence-corrected chi connectivity index (χ4v) is 0.994. The largest absolute Gasteiger partial charge is 0.384 e. The normalized spacial score (nSPS) is 12.9. The summed E-state index contributed by atoms with van der Waals surface area (Å²) >= 11 is 0. The maximum Gasteiger partial charge on any atom is 0.0499 e. The van der Waals surface area contributed by atoms with E-state index in [-0.39, 0.29) is 0 Å². The van der Waals surface area contributed by atoms with Crippen molar-refractivity contribution < 1.29 is 4.74 Å². The van der Waals surface area contributed by atoms with E-state index in [1.54, 1.807) is 7.11 Å². The van der Waals surface area contributed by atoms with Gasteiger partial charge in [0, 0.05) is 13.7 Å². The van der Waals surface area contributed by atoms with Crippen molar-refractivity contribution in [3.8, 4) is 0 Å². The molecule has 0 amide bonds. The second-order valence-electron chi connectivity index (χ2n) is 3.47. The zero-order valence-corrected chi connectivity index (χ0v) is 8.52. The lowest BCUT2D eigenvalue weighted by atomic mass is 10.2. The first-order chi connectivity index (χ1) is 5.66. The van der Waals surface area contributed by atoms with Crippen molar-refractivity contribution in [1.29, 1.82) is 0 Å². The van der Waals surface area contributed by atoms with Crippen LogP contribution >= 0.6 is 0 Å². The average Bonchev–Trinajstić information content (AvgIpc) is 1.98. The quantitative estimate of drug-likeness (QED) is 0.466. The number of ether oxygens (including phenoxy) is 1. The van der Waals surface area contributed by atoms with Crippen LogP contribution in [0.3, 0.4) is 0 Å². The van der Waals surface area contributed by atoms with E-state index >= 15 is 0 Å². The fourth-order valence-electron chi connectivity index (χ4n) is 0.994. The van der Waals surface area contributed by atoms with Crippen molar-refractivity contribution in [3.63, 3.8) is 0 Å². The summed E-state index contributed by atoms with van der Waals surface area (Å²) in [6.45, 7) is 11.0. The molecule has 0 aliphatic rings. The Balaban J connectivity index is 3.13. The molecular weight excluding hydrogens is 150 g/mol. The first-order valence-electron chi connectivity index (χ1n) is 4.50. The molecule has 0 spiro atoms. The second kappa shape index (κ2) is 7.32. The summed E-state index contributed by atoms with van der Waals surface area (Å²) in [6, 6.07) is 0. The number of nitrogens with one attached hydrogen (secondary N) is 1. The van der Waals surface area contributed by atoms with Crippen LogP contribution in [0, 0.1) is 5.92 Å². The summed E-state index contributed by atoms with van der Waals surface area (Å²) in [5.74, 6) is 0.597. The van der Waals surface area contributed by atoms with E-state index in [1.165, 1.54) is 5.57 Å². The lowest BCUT2D eigenvalue weighted by molar-refractivity contribution is 0.158. The molecule has 72 valence electrons. The number of methoxy groups -OCH3 is 1. The van der Waals surface area contributed by atoms with Crippen molar-refractivity contribution >= 4 is 0 Å². The van der Waals surface area contributed by atoms with E-state index in [2.05, 4.69) is 25.7 Å². The molecule has 12 heavy (non-hydrogen) atoms. The summed E-state index contributed by atoms with van der Waals surface area (Å²) < 4.78 is 5.02. The van der Waals surface area contributed by atoms with Gasteiger partial charge < -0.3 is 10.1 Å². The SMILES string of the molecule is C=C(C)CCNCC(C)COC. The highest BCUT2D eigenvalue weighted by molar-refractivity contribution is 4.88. The number of rotatable bonds is 7. The van der Waals surface area contributed by atoms with Crippen LogP contribution < -0.4 is 5.32 Å². The summed E-state index contributed by atoms with van der Waals surface area (Å²) in [5.41, 5.74) is 1.24. The van der Waals surface area contributed by atoms with E-state index in [0.717, 1.165) is 26.1 Å². The smallest absolute Gasteiger partial charge is 0.0499 e. The van der Waals surface area contributed by atoms with Crippen molar-refractivity contribution in [2.75, 3.05) is 26.8 Å². The molecule has 0 radical (unpaired) electrons. The number of hydrogen-bond donors (Lipinski definition) is 1. The van der Waals surface area contributed by atoms with Gasteiger partial charge in [-0.3, -0.25) is 0 Å². The highest BCUT2D eigenvalue weighted by atomic mass is 16.5. The zero-order valence-electron chi connectivity index (χ0n) is 8.52. The second-order valence-corrected chi connectivity index (χ2v) is 3.47. The first-order valence-corrected chi connectivity index (χ1v) is 4.50. The van der Waals surface area contributed by atoms with Gasteiger partial charge in [0.2, 0.25) is 0 Å². The molecule has 0 heterocycles. The van der Waals surface area contributed by atoms with Crippen LogP contribution in [-0.4, -0.2) is 26.8 Å². The molecule has 1 unspecified atom stereocenters. The lowest BCUT2D eigenvalue weighted by Gasteiger charge is -2.10. The molecule has 0 aromatic carbocycles. The van der Waals surface area contributed by atoms with Gasteiger partial charge in [0.05, 0.1) is 0 Å². The van der Waals surface area contributed by atoms with Crippen LogP contribution in [0.1, 0.15) is 20.3 Å². The van der Waals surface area contributed by atoms with Crippen molar-refractivity contribution in [1.82, 2.24) is 5.32 Å². The number of hydrogen-bond acceptors (Lipinski definition) is 2. The molecule has 2 nitrogen and oxygen atoms in total. The van der Waals surface area contributed by atoms with Gasteiger partial charge >= 0.3 is 0 Å². The molecule has 0 aliphatic heterocycles. The zero-order chi connectivity index (χ0) is 9.40. The van der Waals surface area contributed by atoms with E-state index in [0.29, 0.717) is 5.92 Å². The van der Waals surface area contributed by atoms with Gasteiger partial charge in [0.15, 0.2) is 0 Å². The molecule has 0 aromatic heterocycles. The van der Waals surface area contributed by atoms with E-state index in [4.69, 9.17) is 4.74 Å². The van der Waals surface area contributed by atoms with Crippen molar-refractivity contribution in [2.24, 2.45) is 5.92 Å². The topological polar surface area (TPSA) is 21.3 Å².